The van der Waals surface area contributed by atoms with Crippen molar-refractivity contribution in [3.8, 4) is 28.4 Å². The van der Waals surface area contributed by atoms with Crippen molar-refractivity contribution in [1.82, 2.24) is 0 Å². The van der Waals surface area contributed by atoms with Gasteiger partial charge in [-0.15, -0.1) is 0 Å². The van der Waals surface area contributed by atoms with Crippen molar-refractivity contribution >= 4 is 5.69 Å². The highest BCUT2D eigenvalue weighted by Crippen LogP contribution is 2.44. The van der Waals surface area contributed by atoms with Gasteiger partial charge in [-0.3, -0.25) is 0 Å². The number of ether oxygens (including phenoxy) is 3. The lowest BCUT2D eigenvalue weighted by Crippen LogP contribution is -1.97. The number of benzene rings is 2. The van der Waals surface area contributed by atoms with Crippen LogP contribution in [-0.2, 0) is 0 Å². The fourth-order valence-corrected chi connectivity index (χ4v) is 2.14. The van der Waals surface area contributed by atoms with E-state index in [-0.39, 0.29) is 0 Å². The summed E-state index contributed by atoms with van der Waals surface area (Å²) in [4.78, 5) is 0. The minimum absolute atomic E-state index is 0.576. The Balaban J connectivity index is 2.64. The van der Waals surface area contributed by atoms with Crippen LogP contribution in [0.2, 0.25) is 0 Å². The molecule has 0 amide bonds. The molecule has 0 aliphatic rings. The van der Waals surface area contributed by atoms with E-state index >= 15 is 0 Å². The first-order valence-corrected chi connectivity index (χ1v) is 6.27. The van der Waals surface area contributed by atoms with Crippen LogP contribution >= 0.6 is 0 Å². The van der Waals surface area contributed by atoms with E-state index < -0.39 is 0 Å². The molecular formula is C16H19NO3. The van der Waals surface area contributed by atoms with Gasteiger partial charge in [-0.2, -0.15) is 0 Å². The van der Waals surface area contributed by atoms with Crippen LogP contribution in [0.3, 0.4) is 0 Å². The van der Waals surface area contributed by atoms with Gasteiger partial charge in [0.2, 0.25) is 5.75 Å². The van der Waals surface area contributed by atoms with Crippen LogP contribution in [0.4, 0.5) is 5.69 Å². The predicted octanol–water partition coefficient (Wildman–Crippen LogP) is 3.27. The lowest BCUT2D eigenvalue weighted by molar-refractivity contribution is 0.325. The van der Waals surface area contributed by atoms with Crippen molar-refractivity contribution in [3.63, 3.8) is 0 Å². The molecule has 0 saturated carbocycles. The second-order valence-electron chi connectivity index (χ2n) is 4.45. The van der Waals surface area contributed by atoms with Crippen molar-refractivity contribution < 1.29 is 14.2 Å². The Hall–Kier alpha value is -2.36. The molecule has 4 nitrogen and oxygen atoms in total. The van der Waals surface area contributed by atoms with Gasteiger partial charge in [0.25, 0.3) is 0 Å². The zero-order chi connectivity index (χ0) is 14.7. The molecule has 2 aromatic rings. The number of rotatable bonds is 4. The molecular weight excluding hydrogens is 254 g/mol. The standard InChI is InChI=1S/C16H19NO3/c1-10-5-6-11(9-13(10)17)12-7-8-14(18-2)16(20-4)15(12)19-3/h5-9H,17H2,1-4H3. The zero-order valence-corrected chi connectivity index (χ0v) is 12.2. The molecule has 2 N–H and O–H groups in total. The highest BCUT2D eigenvalue weighted by Gasteiger charge is 2.17. The predicted molar refractivity (Wildman–Crippen MR) is 80.7 cm³/mol. The molecule has 0 atom stereocenters. The molecule has 0 aliphatic heterocycles. The molecule has 0 radical (unpaired) electrons. The summed E-state index contributed by atoms with van der Waals surface area (Å²) in [6.07, 6.45) is 0. The smallest absolute Gasteiger partial charge is 0.203 e. The second-order valence-corrected chi connectivity index (χ2v) is 4.45. The summed E-state index contributed by atoms with van der Waals surface area (Å²) >= 11 is 0. The highest BCUT2D eigenvalue weighted by molar-refractivity contribution is 5.78. The normalized spacial score (nSPS) is 10.2. The summed E-state index contributed by atoms with van der Waals surface area (Å²) in [5.74, 6) is 1.84. The number of hydrogen-bond acceptors (Lipinski definition) is 4. The van der Waals surface area contributed by atoms with E-state index in [2.05, 4.69) is 0 Å². The van der Waals surface area contributed by atoms with Gasteiger partial charge in [-0.05, 0) is 36.2 Å². The summed E-state index contributed by atoms with van der Waals surface area (Å²) in [7, 11) is 4.80. The minimum Gasteiger partial charge on any atom is -0.493 e. The van der Waals surface area contributed by atoms with E-state index in [0.717, 1.165) is 22.4 Å². The number of nitrogen functional groups attached to an aromatic ring is 1. The van der Waals surface area contributed by atoms with Gasteiger partial charge >= 0.3 is 0 Å². The van der Waals surface area contributed by atoms with Gasteiger partial charge in [0.1, 0.15) is 0 Å². The van der Waals surface area contributed by atoms with Crippen LogP contribution in [0.15, 0.2) is 30.3 Å². The fraction of sp³-hybridized carbons (Fsp3) is 0.250. The average Bonchev–Trinajstić information content (AvgIpc) is 2.48. The largest absolute Gasteiger partial charge is 0.493 e. The van der Waals surface area contributed by atoms with Gasteiger partial charge < -0.3 is 19.9 Å². The summed E-state index contributed by atoms with van der Waals surface area (Å²) < 4.78 is 16.2. The lowest BCUT2D eigenvalue weighted by Gasteiger charge is -2.16. The van der Waals surface area contributed by atoms with Crippen LogP contribution in [-0.4, -0.2) is 21.3 Å². The maximum atomic E-state index is 5.98. The van der Waals surface area contributed by atoms with E-state index in [1.165, 1.54) is 0 Å². The quantitative estimate of drug-likeness (QED) is 0.869. The van der Waals surface area contributed by atoms with Crippen molar-refractivity contribution in [2.45, 2.75) is 6.92 Å². The van der Waals surface area contributed by atoms with Crippen molar-refractivity contribution in [3.05, 3.63) is 35.9 Å². The van der Waals surface area contributed by atoms with Gasteiger partial charge in [0.05, 0.1) is 21.3 Å². The summed E-state index contributed by atoms with van der Waals surface area (Å²) in [5.41, 5.74) is 9.67. The van der Waals surface area contributed by atoms with E-state index in [4.69, 9.17) is 19.9 Å². The molecule has 2 aromatic carbocycles. The maximum absolute atomic E-state index is 5.98. The van der Waals surface area contributed by atoms with Crippen molar-refractivity contribution in [2.75, 3.05) is 27.1 Å². The Morgan fingerprint density at radius 1 is 0.850 bits per heavy atom. The highest BCUT2D eigenvalue weighted by atomic mass is 16.5. The van der Waals surface area contributed by atoms with Crippen LogP contribution in [0.5, 0.6) is 17.2 Å². The fourth-order valence-electron chi connectivity index (χ4n) is 2.14. The van der Waals surface area contributed by atoms with Crippen LogP contribution in [0, 0.1) is 6.92 Å². The van der Waals surface area contributed by atoms with Crippen LogP contribution in [0.1, 0.15) is 5.56 Å². The molecule has 0 aliphatic carbocycles. The SMILES string of the molecule is COc1ccc(-c2ccc(C)c(N)c2)c(OC)c1OC. The first-order valence-electron chi connectivity index (χ1n) is 6.27. The second kappa shape index (κ2) is 5.74. The van der Waals surface area contributed by atoms with Gasteiger partial charge in [0.15, 0.2) is 11.5 Å². The average molecular weight is 273 g/mol. The third kappa shape index (κ3) is 2.37. The lowest BCUT2D eigenvalue weighted by atomic mass is 10.0. The molecule has 0 unspecified atom stereocenters. The molecule has 0 spiro atoms. The van der Waals surface area contributed by atoms with Crippen LogP contribution in [0.25, 0.3) is 11.1 Å². The van der Waals surface area contributed by atoms with Gasteiger partial charge in [-0.25, -0.2) is 0 Å². The Labute approximate surface area is 119 Å². The van der Waals surface area contributed by atoms with E-state index in [1.807, 2.05) is 37.3 Å². The molecule has 4 heteroatoms. The molecule has 0 fully saturated rings. The van der Waals surface area contributed by atoms with Gasteiger partial charge in [-0.1, -0.05) is 12.1 Å². The third-order valence-electron chi connectivity index (χ3n) is 3.29. The van der Waals surface area contributed by atoms with Crippen molar-refractivity contribution in [1.29, 1.82) is 0 Å². The maximum Gasteiger partial charge on any atom is 0.203 e. The molecule has 0 saturated heterocycles. The van der Waals surface area contributed by atoms with Crippen molar-refractivity contribution in [2.24, 2.45) is 0 Å². The number of aryl methyl sites for hydroxylation is 1. The molecule has 106 valence electrons. The molecule has 0 aromatic heterocycles. The molecule has 0 heterocycles. The third-order valence-corrected chi connectivity index (χ3v) is 3.29. The number of methoxy groups -OCH3 is 3. The topological polar surface area (TPSA) is 53.7 Å². The molecule has 20 heavy (non-hydrogen) atoms. The molecule has 0 bridgehead atoms. The number of hydrogen-bond donors (Lipinski definition) is 1. The Morgan fingerprint density at radius 3 is 2.10 bits per heavy atom. The first-order chi connectivity index (χ1) is 9.62. The molecule has 2 rings (SSSR count). The van der Waals surface area contributed by atoms with Gasteiger partial charge in [0, 0.05) is 11.3 Å². The Kier molecular flexibility index (Phi) is 4.03. The van der Waals surface area contributed by atoms with E-state index in [0.29, 0.717) is 17.2 Å². The number of nitrogens with two attached hydrogens (primary N) is 1. The van der Waals surface area contributed by atoms with E-state index in [9.17, 15) is 0 Å². The number of anilines is 1. The van der Waals surface area contributed by atoms with E-state index in [1.54, 1.807) is 21.3 Å². The monoisotopic (exact) mass is 273 g/mol. The Bertz CT molecular complexity index is 623. The summed E-state index contributed by atoms with van der Waals surface area (Å²) in [6.45, 7) is 1.98. The zero-order valence-electron chi connectivity index (χ0n) is 12.2. The summed E-state index contributed by atoms with van der Waals surface area (Å²) in [5, 5.41) is 0. The Morgan fingerprint density at radius 2 is 1.55 bits per heavy atom. The minimum atomic E-state index is 0.576. The summed E-state index contributed by atoms with van der Waals surface area (Å²) in [6, 6.07) is 9.71. The van der Waals surface area contributed by atoms with Crippen LogP contribution < -0.4 is 19.9 Å². The first kappa shape index (κ1) is 14.1.